The summed E-state index contributed by atoms with van der Waals surface area (Å²) < 4.78 is 19.1. The topological polar surface area (TPSA) is 60.7 Å². The third-order valence-corrected chi connectivity index (χ3v) is 3.71. The highest BCUT2D eigenvalue weighted by Gasteiger charge is 2.07. The lowest BCUT2D eigenvalue weighted by atomic mass is 10.1. The second-order valence-corrected chi connectivity index (χ2v) is 5.68. The minimum atomic E-state index is -0.364. The van der Waals surface area contributed by atoms with Crippen LogP contribution in [0.2, 0.25) is 0 Å². The molecule has 0 atom stereocenters. The summed E-state index contributed by atoms with van der Waals surface area (Å²) >= 11 is 0. The number of nitriles is 1. The fourth-order valence-electron chi connectivity index (χ4n) is 2.28. The van der Waals surface area contributed by atoms with Crippen LogP contribution < -0.4 is 10.1 Å². The predicted molar refractivity (Wildman–Crippen MR) is 116 cm³/mol. The highest BCUT2D eigenvalue weighted by atomic mass is 127. The second-order valence-electron chi connectivity index (χ2n) is 5.68. The van der Waals surface area contributed by atoms with E-state index in [0.29, 0.717) is 25.3 Å². The standard InChI is InChI=1S/C20H23FN4O.HI/c1-3-23-20(24-15-17-10-8-16(14-22)9-11-17)25(2)12-13-26-19-7-5-4-6-18(19)21;/h4-11H,3,12-13,15H2,1-2H3,(H,23,24);1H. The smallest absolute Gasteiger partial charge is 0.194 e. The molecule has 0 saturated heterocycles. The predicted octanol–water partition coefficient (Wildman–Crippen LogP) is 3.79. The molecule has 0 aliphatic heterocycles. The number of aliphatic imine (C=N–C) groups is 1. The van der Waals surface area contributed by atoms with E-state index in [9.17, 15) is 4.39 Å². The number of nitrogens with zero attached hydrogens (tertiary/aromatic N) is 3. The van der Waals surface area contributed by atoms with E-state index >= 15 is 0 Å². The van der Waals surface area contributed by atoms with E-state index in [1.165, 1.54) is 6.07 Å². The Bertz CT molecular complexity index is 774. The van der Waals surface area contributed by atoms with Gasteiger partial charge in [-0.05, 0) is 36.8 Å². The van der Waals surface area contributed by atoms with E-state index in [4.69, 9.17) is 10.00 Å². The molecule has 0 aliphatic carbocycles. The van der Waals surface area contributed by atoms with Crippen LogP contribution in [0, 0.1) is 17.1 Å². The molecule has 1 N–H and O–H groups in total. The van der Waals surface area contributed by atoms with E-state index in [0.717, 1.165) is 18.1 Å². The highest BCUT2D eigenvalue weighted by Crippen LogP contribution is 2.15. The first-order valence-electron chi connectivity index (χ1n) is 8.50. The molecule has 144 valence electrons. The summed E-state index contributed by atoms with van der Waals surface area (Å²) in [5.41, 5.74) is 1.66. The summed E-state index contributed by atoms with van der Waals surface area (Å²) in [6, 6.07) is 15.8. The zero-order valence-electron chi connectivity index (χ0n) is 15.5. The molecule has 2 aromatic rings. The number of benzene rings is 2. The van der Waals surface area contributed by atoms with Gasteiger partial charge in [-0.25, -0.2) is 9.38 Å². The first-order chi connectivity index (χ1) is 12.6. The van der Waals surface area contributed by atoms with Gasteiger partial charge in [0.2, 0.25) is 0 Å². The van der Waals surface area contributed by atoms with Gasteiger partial charge < -0.3 is 15.0 Å². The van der Waals surface area contributed by atoms with Crippen LogP contribution in [0.1, 0.15) is 18.1 Å². The van der Waals surface area contributed by atoms with E-state index in [1.807, 2.05) is 31.0 Å². The normalized spacial score (nSPS) is 10.5. The van der Waals surface area contributed by atoms with Crippen LogP contribution in [-0.2, 0) is 6.54 Å². The number of ether oxygens (including phenoxy) is 1. The molecule has 0 spiro atoms. The summed E-state index contributed by atoms with van der Waals surface area (Å²) in [6.45, 7) is 4.16. The van der Waals surface area contributed by atoms with Crippen molar-refractivity contribution in [1.82, 2.24) is 10.2 Å². The Hall–Kier alpha value is -2.34. The maximum atomic E-state index is 13.6. The Balaban J connectivity index is 0.00000364. The number of guanidine groups is 1. The van der Waals surface area contributed by atoms with Crippen molar-refractivity contribution in [3.05, 3.63) is 65.5 Å². The van der Waals surface area contributed by atoms with Gasteiger partial charge in [-0.1, -0.05) is 24.3 Å². The van der Waals surface area contributed by atoms with Gasteiger partial charge in [-0.3, -0.25) is 0 Å². The van der Waals surface area contributed by atoms with Crippen molar-refractivity contribution in [3.63, 3.8) is 0 Å². The zero-order valence-corrected chi connectivity index (χ0v) is 17.8. The summed E-state index contributed by atoms with van der Waals surface area (Å²) in [7, 11) is 1.91. The van der Waals surface area contributed by atoms with Gasteiger partial charge >= 0.3 is 0 Å². The molecule has 7 heteroatoms. The summed E-state index contributed by atoms with van der Waals surface area (Å²) in [6.07, 6.45) is 0. The monoisotopic (exact) mass is 482 g/mol. The lowest BCUT2D eigenvalue weighted by molar-refractivity contribution is 0.270. The first kappa shape index (κ1) is 22.7. The van der Waals surface area contributed by atoms with Crippen LogP contribution in [0.5, 0.6) is 5.75 Å². The molecule has 5 nitrogen and oxygen atoms in total. The van der Waals surface area contributed by atoms with Crippen molar-refractivity contribution in [2.24, 2.45) is 4.99 Å². The quantitative estimate of drug-likeness (QED) is 0.371. The van der Waals surface area contributed by atoms with Gasteiger partial charge in [0.25, 0.3) is 0 Å². The summed E-state index contributed by atoms with van der Waals surface area (Å²) in [5, 5.41) is 12.1. The van der Waals surface area contributed by atoms with Crippen LogP contribution in [0.4, 0.5) is 4.39 Å². The third kappa shape index (κ3) is 7.43. The Morgan fingerprint density at radius 1 is 1.22 bits per heavy atom. The molecule has 2 rings (SSSR count). The van der Waals surface area contributed by atoms with Crippen molar-refractivity contribution in [2.75, 3.05) is 26.7 Å². The molecule has 0 bridgehead atoms. The van der Waals surface area contributed by atoms with E-state index in [-0.39, 0.29) is 35.5 Å². The number of nitrogens with one attached hydrogen (secondary N) is 1. The minimum absolute atomic E-state index is 0. The number of rotatable bonds is 7. The van der Waals surface area contributed by atoms with Gasteiger partial charge in [0, 0.05) is 13.6 Å². The van der Waals surface area contributed by atoms with Crippen LogP contribution in [0.15, 0.2) is 53.5 Å². The number of hydrogen-bond donors (Lipinski definition) is 1. The summed E-state index contributed by atoms with van der Waals surface area (Å²) in [5.74, 6) is 0.631. The van der Waals surface area contributed by atoms with Crippen molar-refractivity contribution in [1.29, 1.82) is 5.26 Å². The number of hydrogen-bond acceptors (Lipinski definition) is 3. The third-order valence-electron chi connectivity index (χ3n) is 3.71. The molecular weight excluding hydrogens is 458 g/mol. The van der Waals surface area contributed by atoms with Crippen molar-refractivity contribution in [3.8, 4) is 11.8 Å². The largest absolute Gasteiger partial charge is 0.489 e. The molecule has 0 saturated carbocycles. The van der Waals surface area contributed by atoms with Gasteiger partial charge in [-0.15, -0.1) is 24.0 Å². The Morgan fingerprint density at radius 3 is 2.56 bits per heavy atom. The lowest BCUT2D eigenvalue weighted by Gasteiger charge is -2.22. The Morgan fingerprint density at radius 2 is 1.93 bits per heavy atom. The van der Waals surface area contributed by atoms with E-state index in [1.54, 1.807) is 30.3 Å². The van der Waals surface area contributed by atoms with Gasteiger partial charge in [0.1, 0.15) is 6.61 Å². The Kier molecular flexibility index (Phi) is 10.2. The van der Waals surface area contributed by atoms with Crippen molar-refractivity contribution < 1.29 is 9.13 Å². The average Bonchev–Trinajstić information content (AvgIpc) is 2.67. The maximum Gasteiger partial charge on any atom is 0.194 e. The van der Waals surface area contributed by atoms with Gasteiger partial charge in [0.15, 0.2) is 17.5 Å². The minimum Gasteiger partial charge on any atom is -0.489 e. The molecule has 0 fully saturated rings. The van der Waals surface area contributed by atoms with Crippen LogP contribution in [0.25, 0.3) is 0 Å². The SMILES string of the molecule is CCNC(=NCc1ccc(C#N)cc1)N(C)CCOc1ccccc1F.I. The molecule has 27 heavy (non-hydrogen) atoms. The molecule has 2 aromatic carbocycles. The van der Waals surface area contributed by atoms with Crippen molar-refractivity contribution in [2.45, 2.75) is 13.5 Å². The highest BCUT2D eigenvalue weighted by molar-refractivity contribution is 14.0. The number of para-hydroxylation sites is 1. The Labute approximate surface area is 176 Å². The maximum absolute atomic E-state index is 13.6. The molecule has 0 aliphatic rings. The van der Waals surface area contributed by atoms with Crippen molar-refractivity contribution >= 4 is 29.9 Å². The zero-order chi connectivity index (χ0) is 18.8. The molecule has 0 unspecified atom stereocenters. The number of halogens is 2. The molecule has 0 aromatic heterocycles. The second kappa shape index (κ2) is 12.1. The molecular formula is C20H24FIN4O. The average molecular weight is 482 g/mol. The molecule has 0 radical (unpaired) electrons. The van der Waals surface area contributed by atoms with E-state index < -0.39 is 0 Å². The lowest BCUT2D eigenvalue weighted by Crippen LogP contribution is -2.40. The number of likely N-dealkylation sites (N-methyl/N-ethyl adjacent to an activating group) is 1. The fraction of sp³-hybridized carbons (Fsp3) is 0.300. The van der Waals surface area contributed by atoms with Gasteiger partial charge in [0.05, 0.1) is 24.7 Å². The van der Waals surface area contributed by atoms with Gasteiger partial charge in [-0.2, -0.15) is 5.26 Å². The molecule has 0 heterocycles. The van der Waals surface area contributed by atoms with Crippen LogP contribution in [0.3, 0.4) is 0 Å². The summed E-state index contributed by atoms with van der Waals surface area (Å²) in [4.78, 5) is 6.54. The van der Waals surface area contributed by atoms with E-state index in [2.05, 4.69) is 16.4 Å². The van der Waals surface area contributed by atoms with Crippen LogP contribution in [-0.4, -0.2) is 37.6 Å². The molecule has 0 amide bonds. The fourth-order valence-corrected chi connectivity index (χ4v) is 2.28. The first-order valence-corrected chi connectivity index (χ1v) is 8.50. The van der Waals surface area contributed by atoms with Crippen LogP contribution >= 0.6 is 24.0 Å².